The molecule has 0 saturated carbocycles. The summed E-state index contributed by atoms with van der Waals surface area (Å²) in [5.74, 6) is -1.75. The molecule has 4 nitrogen and oxygen atoms in total. The van der Waals surface area contributed by atoms with Crippen molar-refractivity contribution in [2.24, 2.45) is 5.73 Å². The van der Waals surface area contributed by atoms with Crippen LogP contribution in [0.3, 0.4) is 0 Å². The van der Waals surface area contributed by atoms with Crippen LogP contribution in [0, 0.1) is 5.82 Å². The fourth-order valence-electron chi connectivity index (χ4n) is 1.01. The number of hydrogen-bond donors (Lipinski definition) is 1. The predicted molar refractivity (Wildman–Crippen MR) is 60.2 cm³/mol. The maximum atomic E-state index is 12.6. The van der Waals surface area contributed by atoms with E-state index in [-0.39, 0.29) is 5.82 Å². The molecule has 1 aromatic rings. The van der Waals surface area contributed by atoms with Crippen LogP contribution in [0.25, 0.3) is 6.08 Å². The van der Waals surface area contributed by atoms with Gasteiger partial charge in [-0.3, -0.25) is 4.79 Å². The minimum atomic E-state index is -0.972. The summed E-state index contributed by atoms with van der Waals surface area (Å²) in [4.78, 5) is 21.8. The third kappa shape index (κ3) is 4.46. The summed E-state index contributed by atoms with van der Waals surface area (Å²) >= 11 is 0. The molecule has 1 atom stereocenters. The first-order chi connectivity index (χ1) is 7.99. The lowest BCUT2D eigenvalue weighted by Crippen LogP contribution is -2.29. The molecule has 0 aliphatic heterocycles. The largest absolute Gasteiger partial charge is 0.449 e. The molecular formula is C12H12FNO3. The lowest BCUT2D eigenvalue weighted by Gasteiger charge is -2.06. The van der Waals surface area contributed by atoms with Crippen LogP contribution in [0.5, 0.6) is 0 Å². The Morgan fingerprint density at radius 2 is 1.94 bits per heavy atom. The Morgan fingerprint density at radius 1 is 1.35 bits per heavy atom. The van der Waals surface area contributed by atoms with E-state index in [2.05, 4.69) is 4.74 Å². The van der Waals surface area contributed by atoms with Gasteiger partial charge in [0.05, 0.1) is 0 Å². The van der Waals surface area contributed by atoms with Gasteiger partial charge in [-0.2, -0.15) is 0 Å². The minimum Gasteiger partial charge on any atom is -0.449 e. The molecule has 90 valence electrons. The summed E-state index contributed by atoms with van der Waals surface area (Å²) in [6, 6.07) is 5.57. The van der Waals surface area contributed by atoms with E-state index in [1.807, 2.05) is 0 Å². The average Bonchev–Trinajstić information content (AvgIpc) is 2.28. The molecule has 0 spiro atoms. The first-order valence-corrected chi connectivity index (χ1v) is 4.92. The third-order valence-corrected chi connectivity index (χ3v) is 1.98. The number of carbonyl (C=O) groups excluding carboxylic acids is 2. The van der Waals surface area contributed by atoms with Gasteiger partial charge in [-0.15, -0.1) is 0 Å². The van der Waals surface area contributed by atoms with E-state index >= 15 is 0 Å². The number of halogens is 1. The van der Waals surface area contributed by atoms with Crippen molar-refractivity contribution in [1.29, 1.82) is 0 Å². The van der Waals surface area contributed by atoms with Crippen LogP contribution in [0.4, 0.5) is 4.39 Å². The number of rotatable bonds is 4. The number of benzene rings is 1. The smallest absolute Gasteiger partial charge is 0.331 e. The number of nitrogens with two attached hydrogens (primary N) is 1. The van der Waals surface area contributed by atoms with Crippen LogP contribution in [-0.4, -0.2) is 18.0 Å². The first-order valence-electron chi connectivity index (χ1n) is 4.92. The highest BCUT2D eigenvalue weighted by atomic mass is 19.1. The number of primary amides is 1. The van der Waals surface area contributed by atoms with Gasteiger partial charge in [-0.1, -0.05) is 12.1 Å². The zero-order valence-corrected chi connectivity index (χ0v) is 9.22. The Morgan fingerprint density at radius 3 is 2.47 bits per heavy atom. The minimum absolute atomic E-state index is 0.355. The summed E-state index contributed by atoms with van der Waals surface area (Å²) < 4.78 is 17.3. The van der Waals surface area contributed by atoms with Gasteiger partial charge >= 0.3 is 5.97 Å². The lowest BCUT2D eigenvalue weighted by molar-refractivity contribution is -0.148. The van der Waals surface area contributed by atoms with Gasteiger partial charge in [0.15, 0.2) is 6.10 Å². The van der Waals surface area contributed by atoms with E-state index in [1.165, 1.54) is 37.3 Å². The van der Waals surface area contributed by atoms with Gasteiger partial charge in [-0.05, 0) is 30.7 Å². The molecule has 5 heteroatoms. The number of amides is 1. The lowest BCUT2D eigenvalue weighted by atomic mass is 10.2. The molecule has 1 aromatic carbocycles. The van der Waals surface area contributed by atoms with Gasteiger partial charge in [-0.25, -0.2) is 9.18 Å². The zero-order chi connectivity index (χ0) is 12.8. The Bertz CT molecular complexity index is 440. The highest BCUT2D eigenvalue weighted by Crippen LogP contribution is 2.05. The van der Waals surface area contributed by atoms with Crippen molar-refractivity contribution in [3.63, 3.8) is 0 Å². The third-order valence-electron chi connectivity index (χ3n) is 1.98. The van der Waals surface area contributed by atoms with Gasteiger partial charge < -0.3 is 10.5 Å². The van der Waals surface area contributed by atoms with Gasteiger partial charge in [0.1, 0.15) is 5.82 Å². The molecule has 0 fully saturated rings. The average molecular weight is 237 g/mol. The number of ether oxygens (including phenoxy) is 1. The molecule has 1 amide bonds. The van der Waals surface area contributed by atoms with Gasteiger partial charge in [0.2, 0.25) is 0 Å². The van der Waals surface area contributed by atoms with Crippen LogP contribution in [0.1, 0.15) is 12.5 Å². The fraction of sp³-hybridized carbons (Fsp3) is 0.167. The molecule has 0 radical (unpaired) electrons. The van der Waals surface area contributed by atoms with Crippen molar-refractivity contribution >= 4 is 18.0 Å². The molecule has 0 aliphatic rings. The van der Waals surface area contributed by atoms with Crippen LogP contribution < -0.4 is 5.73 Å². The van der Waals surface area contributed by atoms with E-state index in [0.29, 0.717) is 5.56 Å². The van der Waals surface area contributed by atoms with Crippen LogP contribution in [-0.2, 0) is 14.3 Å². The van der Waals surface area contributed by atoms with Crippen LogP contribution in [0.2, 0.25) is 0 Å². The molecular weight excluding hydrogens is 225 g/mol. The molecule has 0 aliphatic carbocycles. The van der Waals surface area contributed by atoms with E-state index in [0.717, 1.165) is 6.08 Å². The monoisotopic (exact) mass is 237 g/mol. The highest BCUT2D eigenvalue weighted by molar-refractivity contribution is 5.89. The summed E-state index contributed by atoms with van der Waals surface area (Å²) in [6.45, 7) is 1.38. The van der Waals surface area contributed by atoms with Crippen molar-refractivity contribution in [3.8, 4) is 0 Å². The molecule has 17 heavy (non-hydrogen) atoms. The van der Waals surface area contributed by atoms with Gasteiger partial charge in [0.25, 0.3) is 5.91 Å². The van der Waals surface area contributed by atoms with Crippen LogP contribution >= 0.6 is 0 Å². The summed E-state index contributed by atoms with van der Waals surface area (Å²) in [5, 5.41) is 0. The summed E-state index contributed by atoms with van der Waals surface area (Å²) in [6.07, 6.45) is 1.63. The summed E-state index contributed by atoms with van der Waals surface area (Å²) in [5.41, 5.74) is 5.57. The maximum absolute atomic E-state index is 12.6. The number of carbonyl (C=O) groups is 2. The number of hydrogen-bond acceptors (Lipinski definition) is 3. The molecule has 0 saturated heterocycles. The second kappa shape index (κ2) is 5.79. The van der Waals surface area contributed by atoms with Crippen LogP contribution in [0.15, 0.2) is 30.3 Å². The van der Waals surface area contributed by atoms with E-state index in [1.54, 1.807) is 0 Å². The fourth-order valence-corrected chi connectivity index (χ4v) is 1.01. The van der Waals surface area contributed by atoms with Gasteiger partial charge in [0, 0.05) is 6.08 Å². The predicted octanol–water partition coefficient (Wildman–Crippen LogP) is 1.26. The first kappa shape index (κ1) is 12.9. The van der Waals surface area contributed by atoms with E-state index in [4.69, 9.17) is 5.73 Å². The van der Waals surface area contributed by atoms with E-state index < -0.39 is 18.0 Å². The van der Waals surface area contributed by atoms with Crippen molar-refractivity contribution in [2.75, 3.05) is 0 Å². The Hall–Kier alpha value is -2.17. The quantitative estimate of drug-likeness (QED) is 0.633. The van der Waals surface area contributed by atoms with Crippen molar-refractivity contribution in [1.82, 2.24) is 0 Å². The molecule has 0 heterocycles. The van der Waals surface area contributed by atoms with Crippen molar-refractivity contribution in [2.45, 2.75) is 13.0 Å². The Kier molecular flexibility index (Phi) is 4.39. The maximum Gasteiger partial charge on any atom is 0.331 e. The SMILES string of the molecule is C[C@H](OC(=O)/C=C/c1ccc(F)cc1)C(N)=O. The molecule has 0 bridgehead atoms. The second-order valence-corrected chi connectivity index (χ2v) is 3.37. The van der Waals surface area contributed by atoms with Crippen molar-refractivity contribution < 1.29 is 18.7 Å². The second-order valence-electron chi connectivity index (χ2n) is 3.37. The van der Waals surface area contributed by atoms with Crippen molar-refractivity contribution in [3.05, 3.63) is 41.7 Å². The zero-order valence-electron chi connectivity index (χ0n) is 9.22. The molecule has 2 N–H and O–H groups in total. The molecule has 1 rings (SSSR count). The van der Waals surface area contributed by atoms with E-state index in [9.17, 15) is 14.0 Å². The number of esters is 1. The standard InChI is InChI=1S/C12H12FNO3/c1-8(12(14)16)17-11(15)7-4-9-2-5-10(13)6-3-9/h2-8H,1H3,(H2,14,16)/b7-4+/t8-/m0/s1. The highest BCUT2D eigenvalue weighted by Gasteiger charge is 2.11. The topological polar surface area (TPSA) is 69.4 Å². The normalized spacial score (nSPS) is 12.4. The molecule has 0 aromatic heterocycles. The Balaban J connectivity index is 2.56. The summed E-state index contributed by atoms with van der Waals surface area (Å²) in [7, 11) is 0. The Labute approximate surface area is 97.9 Å². The molecule has 0 unspecified atom stereocenters.